The summed E-state index contributed by atoms with van der Waals surface area (Å²) in [5.41, 5.74) is 0. The SMILES string of the molecule is O=C(O)CCCCCCNC(=O)NCCOCC(F)F. The number of ether oxygens (including phenoxy) is 1. The Morgan fingerprint density at radius 2 is 1.70 bits per heavy atom. The molecule has 0 saturated heterocycles. The molecule has 0 rings (SSSR count). The maximum Gasteiger partial charge on any atom is 0.314 e. The lowest BCUT2D eigenvalue weighted by Gasteiger charge is -2.08. The minimum absolute atomic E-state index is 0.0486. The lowest BCUT2D eigenvalue weighted by Crippen LogP contribution is -2.37. The molecule has 0 unspecified atom stereocenters. The Kier molecular flexibility index (Phi) is 11.7. The van der Waals surface area contributed by atoms with E-state index in [2.05, 4.69) is 15.4 Å². The van der Waals surface area contributed by atoms with Gasteiger partial charge in [0.2, 0.25) is 0 Å². The van der Waals surface area contributed by atoms with Crippen molar-refractivity contribution in [3.8, 4) is 0 Å². The number of carbonyl (C=O) groups excluding carboxylic acids is 1. The first-order valence-electron chi connectivity index (χ1n) is 6.61. The van der Waals surface area contributed by atoms with Crippen molar-refractivity contribution in [1.29, 1.82) is 0 Å². The van der Waals surface area contributed by atoms with E-state index in [1.165, 1.54) is 0 Å². The van der Waals surface area contributed by atoms with Crippen molar-refractivity contribution in [3.63, 3.8) is 0 Å². The number of nitrogens with one attached hydrogen (secondary N) is 2. The molecule has 0 atom stereocenters. The number of amides is 2. The monoisotopic (exact) mass is 296 g/mol. The van der Waals surface area contributed by atoms with Gasteiger partial charge in [-0.05, 0) is 12.8 Å². The molecule has 8 heteroatoms. The summed E-state index contributed by atoms with van der Waals surface area (Å²) in [4.78, 5) is 21.5. The summed E-state index contributed by atoms with van der Waals surface area (Å²) < 4.78 is 28.0. The van der Waals surface area contributed by atoms with Gasteiger partial charge in [0.1, 0.15) is 6.61 Å². The van der Waals surface area contributed by atoms with Gasteiger partial charge < -0.3 is 20.5 Å². The van der Waals surface area contributed by atoms with E-state index in [9.17, 15) is 18.4 Å². The quantitative estimate of drug-likeness (QED) is 0.477. The van der Waals surface area contributed by atoms with Gasteiger partial charge in [-0.25, -0.2) is 13.6 Å². The standard InChI is InChI=1S/C12H22F2N2O4/c13-10(14)9-20-8-7-16-12(19)15-6-4-2-1-3-5-11(17)18/h10H,1-9H2,(H,17,18)(H2,15,16,19). The van der Waals surface area contributed by atoms with E-state index in [0.29, 0.717) is 13.0 Å². The van der Waals surface area contributed by atoms with Gasteiger partial charge in [-0.2, -0.15) is 0 Å². The van der Waals surface area contributed by atoms with Crippen LogP contribution in [0.25, 0.3) is 0 Å². The molecule has 0 radical (unpaired) electrons. The Morgan fingerprint density at radius 3 is 2.35 bits per heavy atom. The van der Waals surface area contributed by atoms with Crippen molar-refractivity contribution >= 4 is 12.0 Å². The molecule has 0 aliphatic rings. The average Bonchev–Trinajstić information content (AvgIpc) is 2.36. The number of urea groups is 1. The highest BCUT2D eigenvalue weighted by Crippen LogP contribution is 2.01. The van der Waals surface area contributed by atoms with Crippen LogP contribution >= 0.6 is 0 Å². The number of hydrogen-bond donors (Lipinski definition) is 3. The molecule has 0 saturated carbocycles. The summed E-state index contributed by atoms with van der Waals surface area (Å²) >= 11 is 0. The second kappa shape index (κ2) is 12.6. The smallest absolute Gasteiger partial charge is 0.314 e. The number of rotatable bonds is 12. The van der Waals surface area contributed by atoms with Crippen molar-refractivity contribution in [2.24, 2.45) is 0 Å². The highest BCUT2D eigenvalue weighted by atomic mass is 19.3. The molecule has 20 heavy (non-hydrogen) atoms. The third kappa shape index (κ3) is 14.6. The predicted molar refractivity (Wildman–Crippen MR) is 68.9 cm³/mol. The van der Waals surface area contributed by atoms with Crippen LogP contribution in [0, 0.1) is 0 Å². The third-order valence-electron chi connectivity index (χ3n) is 2.38. The van der Waals surface area contributed by atoms with Gasteiger partial charge in [0.25, 0.3) is 6.43 Å². The first-order valence-corrected chi connectivity index (χ1v) is 6.61. The van der Waals surface area contributed by atoms with Gasteiger partial charge in [-0.1, -0.05) is 12.8 Å². The number of halogens is 2. The number of hydrogen-bond acceptors (Lipinski definition) is 3. The van der Waals surface area contributed by atoms with Crippen molar-refractivity contribution < 1.29 is 28.2 Å². The van der Waals surface area contributed by atoms with Crippen LogP contribution in [0.5, 0.6) is 0 Å². The van der Waals surface area contributed by atoms with Crippen LogP contribution in [0.1, 0.15) is 32.1 Å². The summed E-state index contributed by atoms with van der Waals surface area (Å²) in [5.74, 6) is -0.795. The molecule has 118 valence electrons. The van der Waals surface area contributed by atoms with Crippen LogP contribution in [-0.2, 0) is 9.53 Å². The van der Waals surface area contributed by atoms with Gasteiger partial charge >= 0.3 is 12.0 Å². The first kappa shape index (κ1) is 18.6. The van der Waals surface area contributed by atoms with Gasteiger partial charge in [0.15, 0.2) is 0 Å². The Balaban J connectivity index is 3.22. The maximum absolute atomic E-state index is 11.7. The number of carbonyl (C=O) groups is 2. The molecule has 0 spiro atoms. The Labute approximate surface area is 116 Å². The van der Waals surface area contributed by atoms with Gasteiger partial charge in [-0.3, -0.25) is 4.79 Å². The molecular formula is C12H22F2N2O4. The Morgan fingerprint density at radius 1 is 1.05 bits per heavy atom. The zero-order valence-electron chi connectivity index (χ0n) is 11.4. The number of alkyl halides is 2. The molecule has 0 aliphatic carbocycles. The van der Waals surface area contributed by atoms with Crippen molar-refractivity contribution in [2.45, 2.75) is 38.5 Å². The van der Waals surface area contributed by atoms with Crippen molar-refractivity contribution in [2.75, 3.05) is 26.3 Å². The van der Waals surface area contributed by atoms with E-state index in [4.69, 9.17) is 5.11 Å². The Hall–Kier alpha value is -1.44. The molecule has 0 aromatic rings. The van der Waals surface area contributed by atoms with Gasteiger partial charge in [-0.15, -0.1) is 0 Å². The van der Waals surface area contributed by atoms with E-state index in [1.54, 1.807) is 0 Å². The van der Waals surface area contributed by atoms with Crippen LogP contribution in [0.4, 0.5) is 13.6 Å². The zero-order chi connectivity index (χ0) is 15.2. The van der Waals surface area contributed by atoms with E-state index >= 15 is 0 Å². The fraction of sp³-hybridized carbons (Fsp3) is 0.833. The second-order valence-electron chi connectivity index (χ2n) is 4.21. The average molecular weight is 296 g/mol. The molecule has 6 nitrogen and oxygen atoms in total. The fourth-order valence-corrected chi connectivity index (χ4v) is 1.43. The lowest BCUT2D eigenvalue weighted by atomic mass is 10.1. The molecular weight excluding hydrogens is 274 g/mol. The van der Waals surface area contributed by atoms with E-state index in [1.807, 2.05) is 0 Å². The number of unbranched alkanes of at least 4 members (excludes halogenated alkanes) is 3. The third-order valence-corrected chi connectivity index (χ3v) is 2.38. The number of carboxylic acid groups (broad SMARTS) is 1. The highest BCUT2D eigenvalue weighted by Gasteiger charge is 2.02. The van der Waals surface area contributed by atoms with Gasteiger partial charge in [0.05, 0.1) is 6.61 Å². The normalized spacial score (nSPS) is 10.6. The minimum Gasteiger partial charge on any atom is -0.481 e. The molecule has 0 aliphatic heterocycles. The van der Waals surface area contributed by atoms with Gasteiger partial charge in [0, 0.05) is 19.5 Å². The molecule has 0 fully saturated rings. The fourth-order valence-electron chi connectivity index (χ4n) is 1.43. The number of carboxylic acids is 1. The van der Waals surface area contributed by atoms with Crippen LogP contribution in [0.3, 0.4) is 0 Å². The lowest BCUT2D eigenvalue weighted by molar-refractivity contribution is -0.137. The second-order valence-corrected chi connectivity index (χ2v) is 4.21. The molecule has 2 amide bonds. The molecule has 0 aromatic heterocycles. The molecule has 0 aromatic carbocycles. The van der Waals surface area contributed by atoms with Crippen LogP contribution in [-0.4, -0.2) is 49.8 Å². The summed E-state index contributed by atoms with van der Waals surface area (Å²) in [6.45, 7) is 0.0978. The summed E-state index contributed by atoms with van der Waals surface area (Å²) in [7, 11) is 0. The maximum atomic E-state index is 11.7. The van der Waals surface area contributed by atoms with E-state index in [0.717, 1.165) is 19.3 Å². The minimum atomic E-state index is -2.50. The van der Waals surface area contributed by atoms with Crippen LogP contribution in [0.15, 0.2) is 0 Å². The zero-order valence-corrected chi connectivity index (χ0v) is 11.4. The predicted octanol–water partition coefficient (Wildman–Crippen LogP) is 1.60. The highest BCUT2D eigenvalue weighted by molar-refractivity contribution is 5.73. The largest absolute Gasteiger partial charge is 0.481 e. The van der Waals surface area contributed by atoms with Crippen LogP contribution in [0.2, 0.25) is 0 Å². The van der Waals surface area contributed by atoms with Crippen molar-refractivity contribution in [3.05, 3.63) is 0 Å². The molecule has 3 N–H and O–H groups in total. The summed E-state index contributed by atoms with van der Waals surface area (Å²) in [6, 6.07) is -0.365. The van der Waals surface area contributed by atoms with E-state index in [-0.39, 0.29) is 25.6 Å². The molecule has 0 bridgehead atoms. The topological polar surface area (TPSA) is 87.7 Å². The Bertz CT molecular complexity index is 278. The number of aliphatic carboxylic acids is 1. The summed E-state index contributed by atoms with van der Waals surface area (Å²) in [6.07, 6.45) is 0.761. The first-order chi connectivity index (χ1) is 9.52. The van der Waals surface area contributed by atoms with E-state index < -0.39 is 19.0 Å². The van der Waals surface area contributed by atoms with Crippen LogP contribution < -0.4 is 10.6 Å². The van der Waals surface area contributed by atoms with Crippen molar-refractivity contribution in [1.82, 2.24) is 10.6 Å². The molecule has 0 heterocycles. The summed E-state index contributed by atoms with van der Waals surface area (Å²) in [5, 5.41) is 13.5.